The van der Waals surface area contributed by atoms with Crippen molar-refractivity contribution in [2.24, 2.45) is 0 Å². The molecule has 0 aliphatic rings. The molecule has 0 radical (unpaired) electrons. The molecule has 2 rings (SSSR count). The van der Waals surface area contributed by atoms with Crippen molar-refractivity contribution in [1.82, 2.24) is 10.1 Å². The SMILES string of the molecule is CCOC(=O)c1noc(-c2ccc(CC)o2)n1. The highest BCUT2D eigenvalue weighted by atomic mass is 16.5. The quantitative estimate of drug-likeness (QED) is 0.756. The molecule has 0 aromatic carbocycles. The van der Waals surface area contributed by atoms with Gasteiger partial charge in [-0.05, 0) is 24.2 Å². The van der Waals surface area contributed by atoms with E-state index in [9.17, 15) is 4.79 Å². The summed E-state index contributed by atoms with van der Waals surface area (Å²) in [5.74, 6) is 0.731. The van der Waals surface area contributed by atoms with Crippen molar-refractivity contribution in [2.45, 2.75) is 20.3 Å². The molecule has 0 saturated heterocycles. The standard InChI is InChI=1S/C11H12N2O4/c1-3-7-5-6-8(16-7)10-12-9(13-17-10)11(14)15-4-2/h5-6H,3-4H2,1-2H3. The van der Waals surface area contributed by atoms with E-state index in [0.717, 1.165) is 12.2 Å². The van der Waals surface area contributed by atoms with E-state index in [-0.39, 0.29) is 18.3 Å². The van der Waals surface area contributed by atoms with E-state index in [1.165, 1.54) is 0 Å². The number of esters is 1. The summed E-state index contributed by atoms with van der Waals surface area (Å²) >= 11 is 0. The highest BCUT2D eigenvalue weighted by molar-refractivity contribution is 5.85. The van der Waals surface area contributed by atoms with Gasteiger partial charge in [0.15, 0.2) is 5.76 Å². The molecule has 2 heterocycles. The van der Waals surface area contributed by atoms with Crippen LogP contribution in [0.1, 0.15) is 30.2 Å². The lowest BCUT2D eigenvalue weighted by Gasteiger charge is -1.93. The maximum absolute atomic E-state index is 11.3. The predicted octanol–water partition coefficient (Wildman–Crippen LogP) is 2.07. The second kappa shape index (κ2) is 4.82. The largest absolute Gasteiger partial charge is 0.460 e. The fraction of sp³-hybridized carbons (Fsp3) is 0.364. The summed E-state index contributed by atoms with van der Waals surface area (Å²) < 4.78 is 15.1. The maximum atomic E-state index is 11.3. The second-order valence-electron chi connectivity index (χ2n) is 3.26. The molecule has 0 bridgehead atoms. The molecule has 0 unspecified atom stereocenters. The van der Waals surface area contributed by atoms with Gasteiger partial charge in [-0.1, -0.05) is 6.92 Å². The van der Waals surface area contributed by atoms with Crippen LogP contribution < -0.4 is 0 Å². The van der Waals surface area contributed by atoms with E-state index in [1.54, 1.807) is 13.0 Å². The summed E-state index contributed by atoms with van der Waals surface area (Å²) in [5.41, 5.74) is 0. The topological polar surface area (TPSA) is 78.4 Å². The number of nitrogens with zero attached hydrogens (tertiary/aromatic N) is 2. The Morgan fingerprint density at radius 2 is 2.24 bits per heavy atom. The third-order valence-electron chi connectivity index (χ3n) is 2.10. The number of aryl methyl sites for hydroxylation is 1. The van der Waals surface area contributed by atoms with Gasteiger partial charge in [-0.15, -0.1) is 0 Å². The first-order chi connectivity index (χ1) is 8.24. The van der Waals surface area contributed by atoms with Gasteiger partial charge in [0.25, 0.3) is 11.7 Å². The Hall–Kier alpha value is -2.11. The van der Waals surface area contributed by atoms with Crippen LogP contribution in [-0.2, 0) is 11.2 Å². The average molecular weight is 236 g/mol. The molecular formula is C11H12N2O4. The van der Waals surface area contributed by atoms with Gasteiger partial charge < -0.3 is 13.7 Å². The molecule has 90 valence electrons. The molecule has 0 atom stereocenters. The molecule has 0 aliphatic carbocycles. The van der Waals surface area contributed by atoms with Crippen molar-refractivity contribution in [1.29, 1.82) is 0 Å². The number of rotatable bonds is 4. The minimum Gasteiger partial charge on any atom is -0.460 e. The molecule has 0 amide bonds. The zero-order chi connectivity index (χ0) is 12.3. The van der Waals surface area contributed by atoms with Crippen LogP contribution >= 0.6 is 0 Å². The van der Waals surface area contributed by atoms with Crippen LogP contribution in [0.25, 0.3) is 11.7 Å². The highest BCUT2D eigenvalue weighted by Gasteiger charge is 2.18. The van der Waals surface area contributed by atoms with Crippen molar-refractivity contribution >= 4 is 5.97 Å². The third-order valence-corrected chi connectivity index (χ3v) is 2.10. The van der Waals surface area contributed by atoms with Gasteiger partial charge in [0.2, 0.25) is 0 Å². The van der Waals surface area contributed by atoms with Crippen LogP contribution in [0.5, 0.6) is 0 Å². The number of furan rings is 1. The second-order valence-corrected chi connectivity index (χ2v) is 3.26. The van der Waals surface area contributed by atoms with Gasteiger partial charge >= 0.3 is 5.97 Å². The molecule has 6 heteroatoms. The number of ether oxygens (including phenoxy) is 1. The Labute approximate surface area is 97.6 Å². The first-order valence-corrected chi connectivity index (χ1v) is 5.34. The van der Waals surface area contributed by atoms with Crippen molar-refractivity contribution in [2.75, 3.05) is 6.61 Å². The first-order valence-electron chi connectivity index (χ1n) is 5.34. The smallest absolute Gasteiger partial charge is 0.379 e. The summed E-state index contributed by atoms with van der Waals surface area (Å²) in [6, 6.07) is 3.55. The number of aromatic nitrogens is 2. The summed E-state index contributed by atoms with van der Waals surface area (Å²) in [6.07, 6.45) is 0.777. The van der Waals surface area contributed by atoms with E-state index in [4.69, 9.17) is 13.7 Å². The van der Waals surface area contributed by atoms with E-state index in [0.29, 0.717) is 5.76 Å². The Bertz CT molecular complexity index is 515. The van der Waals surface area contributed by atoms with E-state index in [1.807, 2.05) is 13.0 Å². The van der Waals surface area contributed by atoms with Crippen molar-refractivity contribution in [3.8, 4) is 11.7 Å². The van der Waals surface area contributed by atoms with Gasteiger partial charge in [-0.25, -0.2) is 4.79 Å². The molecular weight excluding hydrogens is 224 g/mol. The molecule has 2 aromatic rings. The van der Waals surface area contributed by atoms with Crippen molar-refractivity contribution in [3.63, 3.8) is 0 Å². The van der Waals surface area contributed by atoms with E-state index >= 15 is 0 Å². The van der Waals surface area contributed by atoms with E-state index in [2.05, 4.69) is 10.1 Å². The predicted molar refractivity (Wildman–Crippen MR) is 57.3 cm³/mol. The van der Waals surface area contributed by atoms with Crippen LogP contribution in [0.2, 0.25) is 0 Å². The van der Waals surface area contributed by atoms with Gasteiger partial charge in [0, 0.05) is 6.42 Å². The fourth-order valence-electron chi connectivity index (χ4n) is 1.28. The highest BCUT2D eigenvalue weighted by Crippen LogP contribution is 2.20. The lowest BCUT2D eigenvalue weighted by atomic mass is 10.3. The molecule has 0 aliphatic heterocycles. The summed E-state index contributed by atoms with van der Waals surface area (Å²) in [7, 11) is 0. The summed E-state index contributed by atoms with van der Waals surface area (Å²) in [5, 5.41) is 3.53. The van der Waals surface area contributed by atoms with Crippen LogP contribution in [0, 0.1) is 0 Å². The molecule has 0 spiro atoms. The van der Waals surface area contributed by atoms with Crippen LogP contribution in [0.4, 0.5) is 0 Å². The summed E-state index contributed by atoms with van der Waals surface area (Å²) in [6.45, 7) is 3.95. The molecule has 6 nitrogen and oxygen atoms in total. The molecule has 17 heavy (non-hydrogen) atoms. The normalized spacial score (nSPS) is 10.5. The Morgan fingerprint density at radius 3 is 2.88 bits per heavy atom. The lowest BCUT2D eigenvalue weighted by Crippen LogP contribution is -2.06. The number of hydrogen-bond donors (Lipinski definition) is 0. The zero-order valence-electron chi connectivity index (χ0n) is 9.60. The zero-order valence-corrected chi connectivity index (χ0v) is 9.60. The van der Waals surface area contributed by atoms with Gasteiger partial charge in [-0.2, -0.15) is 4.98 Å². The molecule has 2 aromatic heterocycles. The monoisotopic (exact) mass is 236 g/mol. The Morgan fingerprint density at radius 1 is 1.41 bits per heavy atom. The summed E-state index contributed by atoms with van der Waals surface area (Å²) in [4.78, 5) is 15.2. The number of carbonyl (C=O) groups is 1. The van der Waals surface area contributed by atoms with Gasteiger partial charge in [0.1, 0.15) is 5.76 Å². The fourth-order valence-corrected chi connectivity index (χ4v) is 1.28. The van der Waals surface area contributed by atoms with Crippen LogP contribution in [0.15, 0.2) is 21.1 Å². The van der Waals surface area contributed by atoms with E-state index < -0.39 is 5.97 Å². The number of hydrogen-bond acceptors (Lipinski definition) is 6. The lowest BCUT2D eigenvalue weighted by molar-refractivity contribution is 0.0508. The van der Waals surface area contributed by atoms with Gasteiger partial charge in [-0.3, -0.25) is 0 Å². The molecule has 0 N–H and O–H groups in total. The van der Waals surface area contributed by atoms with Crippen molar-refractivity contribution in [3.05, 3.63) is 23.7 Å². The number of carbonyl (C=O) groups excluding carboxylic acids is 1. The van der Waals surface area contributed by atoms with Gasteiger partial charge in [0.05, 0.1) is 6.61 Å². The minimum atomic E-state index is -0.607. The minimum absolute atomic E-state index is 0.101. The van der Waals surface area contributed by atoms with Crippen molar-refractivity contribution < 1.29 is 18.5 Å². The van der Waals surface area contributed by atoms with Crippen LogP contribution in [0.3, 0.4) is 0 Å². The molecule has 0 saturated carbocycles. The average Bonchev–Trinajstić information content (AvgIpc) is 2.98. The molecule has 0 fully saturated rings. The van der Waals surface area contributed by atoms with Crippen LogP contribution in [-0.4, -0.2) is 22.7 Å². The Balaban J connectivity index is 2.20. The maximum Gasteiger partial charge on any atom is 0.379 e. The third kappa shape index (κ3) is 2.35. The Kier molecular flexibility index (Phi) is 3.22. The first kappa shape index (κ1) is 11.4.